The summed E-state index contributed by atoms with van der Waals surface area (Å²) in [7, 11) is 0.385. The maximum atomic E-state index is 12.8. The number of rotatable bonds is 9. The van der Waals surface area contributed by atoms with Gasteiger partial charge in [-0.1, -0.05) is 19.6 Å². The van der Waals surface area contributed by atoms with Crippen molar-refractivity contribution in [2.45, 2.75) is 77.7 Å². The lowest BCUT2D eigenvalue weighted by molar-refractivity contribution is 0.0206. The van der Waals surface area contributed by atoms with E-state index in [9.17, 15) is 4.79 Å². The zero-order valence-corrected chi connectivity index (χ0v) is 25.3. The van der Waals surface area contributed by atoms with E-state index in [2.05, 4.69) is 41.0 Å². The van der Waals surface area contributed by atoms with Crippen LogP contribution in [-0.2, 0) is 16.2 Å². The number of pyridine rings is 1. The zero-order valence-electron chi connectivity index (χ0n) is 24.3. The van der Waals surface area contributed by atoms with Crippen LogP contribution >= 0.6 is 0 Å². The van der Waals surface area contributed by atoms with E-state index in [0.717, 1.165) is 47.8 Å². The highest BCUT2D eigenvalue weighted by Crippen LogP contribution is 2.35. The second-order valence-electron chi connectivity index (χ2n) is 12.3. The standard InChI is InChI=1S/C28H42N6O4Si/c1-28(2,3)38-27(35)33-13-8-9-20(18-33)31-24-21-11-14-34(19-37-15-16-39(5,6)7)25(21)30-17-22(24)23-10-12-29-26(32-23)36-4/h10-12,14,17,20H,8-9,13,15-16,18-19H2,1-7H3,(H,30,31)/t20-/m1/s1. The third kappa shape index (κ3) is 7.69. The molecule has 1 saturated heterocycles. The molecule has 0 spiro atoms. The van der Waals surface area contributed by atoms with E-state index in [1.54, 1.807) is 18.2 Å². The highest BCUT2D eigenvalue weighted by Gasteiger charge is 2.29. The molecular weight excluding hydrogens is 512 g/mol. The predicted octanol–water partition coefficient (Wildman–Crippen LogP) is 5.63. The Bertz CT molecular complexity index is 1280. The van der Waals surface area contributed by atoms with Crippen molar-refractivity contribution in [3.05, 3.63) is 30.7 Å². The number of hydrogen-bond donors (Lipinski definition) is 1. The maximum absolute atomic E-state index is 12.8. The number of carbonyl (C=O) groups is 1. The van der Waals surface area contributed by atoms with Crippen LogP contribution in [0.15, 0.2) is 30.7 Å². The van der Waals surface area contributed by atoms with Gasteiger partial charge in [0.2, 0.25) is 0 Å². The van der Waals surface area contributed by atoms with Crippen LogP contribution in [0.25, 0.3) is 22.3 Å². The van der Waals surface area contributed by atoms with Gasteiger partial charge in [0.1, 0.15) is 18.0 Å². The highest BCUT2D eigenvalue weighted by atomic mass is 28.3. The predicted molar refractivity (Wildman–Crippen MR) is 156 cm³/mol. The van der Waals surface area contributed by atoms with E-state index in [-0.39, 0.29) is 12.1 Å². The number of methoxy groups -OCH3 is 1. The van der Waals surface area contributed by atoms with Crippen LogP contribution < -0.4 is 10.1 Å². The molecule has 4 heterocycles. The summed E-state index contributed by atoms with van der Waals surface area (Å²) in [5, 5.41) is 4.70. The molecule has 39 heavy (non-hydrogen) atoms. The topological polar surface area (TPSA) is 104 Å². The van der Waals surface area contributed by atoms with Gasteiger partial charge in [0, 0.05) is 63.4 Å². The highest BCUT2D eigenvalue weighted by molar-refractivity contribution is 6.76. The molecule has 11 heteroatoms. The first kappa shape index (κ1) is 28.8. The number of likely N-dealkylation sites (tertiary alicyclic amines) is 1. The largest absolute Gasteiger partial charge is 0.467 e. The summed E-state index contributed by atoms with van der Waals surface area (Å²) in [5.74, 6) is 0. The Morgan fingerprint density at radius 1 is 1.21 bits per heavy atom. The minimum Gasteiger partial charge on any atom is -0.467 e. The first-order chi connectivity index (χ1) is 18.4. The molecule has 0 radical (unpaired) electrons. The molecule has 0 aliphatic carbocycles. The van der Waals surface area contributed by atoms with Crippen molar-refractivity contribution < 1.29 is 19.0 Å². The van der Waals surface area contributed by atoms with Crippen molar-refractivity contribution in [2.75, 3.05) is 32.1 Å². The normalized spacial score (nSPS) is 16.4. The third-order valence-corrected chi connectivity index (χ3v) is 8.23. The molecular formula is C28H42N6O4Si. The second-order valence-corrected chi connectivity index (χ2v) is 17.9. The summed E-state index contributed by atoms with van der Waals surface area (Å²) in [4.78, 5) is 28.1. The Labute approximate surface area is 232 Å². The fourth-order valence-electron chi connectivity index (χ4n) is 4.51. The van der Waals surface area contributed by atoms with E-state index in [0.29, 0.717) is 31.5 Å². The van der Waals surface area contributed by atoms with Crippen LogP contribution in [0.5, 0.6) is 6.01 Å². The average Bonchev–Trinajstić information content (AvgIpc) is 3.29. The number of hydrogen-bond acceptors (Lipinski definition) is 8. The number of nitrogens with zero attached hydrogens (tertiary/aromatic N) is 5. The molecule has 3 aromatic heterocycles. The molecule has 1 aliphatic heterocycles. The van der Waals surface area contributed by atoms with E-state index >= 15 is 0 Å². The summed E-state index contributed by atoms with van der Waals surface area (Å²) in [6, 6.07) is 5.35. The van der Waals surface area contributed by atoms with E-state index in [1.165, 1.54) is 0 Å². The molecule has 4 rings (SSSR count). The fraction of sp³-hybridized carbons (Fsp3) is 0.571. The number of ether oxygens (including phenoxy) is 3. The molecule has 212 valence electrons. The second kappa shape index (κ2) is 11.9. The first-order valence-corrected chi connectivity index (χ1v) is 17.3. The van der Waals surface area contributed by atoms with Crippen LogP contribution in [0, 0.1) is 0 Å². The Morgan fingerprint density at radius 2 is 2.00 bits per heavy atom. The summed E-state index contributed by atoms with van der Waals surface area (Å²) in [6.07, 6.45) is 7.05. The van der Waals surface area contributed by atoms with Gasteiger partial charge >= 0.3 is 12.1 Å². The van der Waals surface area contributed by atoms with E-state index in [1.807, 2.05) is 43.8 Å². The summed E-state index contributed by atoms with van der Waals surface area (Å²) >= 11 is 0. The van der Waals surface area contributed by atoms with Crippen molar-refractivity contribution in [2.24, 2.45) is 0 Å². The van der Waals surface area contributed by atoms with E-state index < -0.39 is 13.7 Å². The maximum Gasteiger partial charge on any atom is 0.410 e. The minimum absolute atomic E-state index is 0.0377. The molecule has 1 fully saturated rings. The van der Waals surface area contributed by atoms with Crippen LogP contribution in [0.2, 0.25) is 25.7 Å². The summed E-state index contributed by atoms with van der Waals surface area (Å²) < 4.78 is 19.0. The van der Waals surface area contributed by atoms with Crippen molar-refractivity contribution in [1.29, 1.82) is 0 Å². The SMILES string of the molecule is COc1nccc(-c2cnc3c(ccn3COCC[Si](C)(C)C)c2N[C@@H]2CCCN(C(=O)OC(C)(C)C)C2)n1. The van der Waals surface area contributed by atoms with Crippen LogP contribution in [0.3, 0.4) is 0 Å². The van der Waals surface area contributed by atoms with Crippen molar-refractivity contribution in [3.8, 4) is 17.3 Å². The zero-order chi connectivity index (χ0) is 28.2. The first-order valence-electron chi connectivity index (χ1n) is 13.6. The molecule has 10 nitrogen and oxygen atoms in total. The lowest BCUT2D eigenvalue weighted by Crippen LogP contribution is -2.47. The Hall–Kier alpha value is -3.18. The van der Waals surface area contributed by atoms with Gasteiger partial charge in [-0.25, -0.2) is 14.8 Å². The average molecular weight is 555 g/mol. The molecule has 1 atom stereocenters. The quantitative estimate of drug-likeness (QED) is 0.268. The van der Waals surface area contributed by atoms with Crippen molar-refractivity contribution in [3.63, 3.8) is 0 Å². The van der Waals surface area contributed by atoms with Gasteiger partial charge in [0.05, 0.1) is 18.5 Å². The van der Waals surface area contributed by atoms with Crippen molar-refractivity contribution >= 4 is 30.9 Å². The minimum atomic E-state index is -1.17. The fourth-order valence-corrected chi connectivity index (χ4v) is 5.27. The lowest BCUT2D eigenvalue weighted by Gasteiger charge is -2.35. The molecule has 1 amide bonds. The van der Waals surface area contributed by atoms with Gasteiger partial charge in [-0.3, -0.25) is 0 Å². The Kier molecular flexibility index (Phi) is 8.80. The van der Waals surface area contributed by atoms with Crippen LogP contribution in [0.4, 0.5) is 10.5 Å². The van der Waals surface area contributed by atoms with Gasteiger partial charge in [-0.2, -0.15) is 4.98 Å². The molecule has 1 aliphatic rings. The monoisotopic (exact) mass is 554 g/mol. The summed E-state index contributed by atoms with van der Waals surface area (Å²) in [5.41, 5.74) is 2.76. The molecule has 1 N–H and O–H groups in total. The van der Waals surface area contributed by atoms with Crippen LogP contribution in [0.1, 0.15) is 33.6 Å². The number of anilines is 1. The Balaban J connectivity index is 1.63. The van der Waals surface area contributed by atoms with Gasteiger partial charge in [0.15, 0.2) is 0 Å². The third-order valence-electron chi connectivity index (χ3n) is 6.53. The number of nitrogens with one attached hydrogen (secondary N) is 1. The molecule has 3 aromatic rings. The number of carbonyl (C=O) groups excluding carboxylic acids is 1. The van der Waals surface area contributed by atoms with Gasteiger partial charge < -0.3 is 29.0 Å². The lowest BCUT2D eigenvalue weighted by atomic mass is 10.0. The number of fused-ring (bicyclic) bond motifs is 1. The molecule has 0 bridgehead atoms. The van der Waals surface area contributed by atoms with Gasteiger partial charge in [-0.05, 0) is 51.8 Å². The molecule has 0 saturated carbocycles. The molecule has 0 unspecified atom stereocenters. The van der Waals surface area contributed by atoms with E-state index in [4.69, 9.17) is 19.2 Å². The van der Waals surface area contributed by atoms with Crippen molar-refractivity contribution in [1.82, 2.24) is 24.4 Å². The number of amides is 1. The summed E-state index contributed by atoms with van der Waals surface area (Å²) in [6.45, 7) is 15.1. The smallest absolute Gasteiger partial charge is 0.410 e. The van der Waals surface area contributed by atoms with Crippen LogP contribution in [-0.4, -0.2) is 77.0 Å². The Morgan fingerprint density at radius 3 is 2.72 bits per heavy atom. The van der Waals surface area contributed by atoms with Gasteiger partial charge in [-0.15, -0.1) is 0 Å². The number of piperidine rings is 1. The number of aromatic nitrogens is 4. The van der Waals surface area contributed by atoms with Gasteiger partial charge in [0.25, 0.3) is 0 Å². The molecule has 0 aromatic carbocycles.